The summed E-state index contributed by atoms with van der Waals surface area (Å²) in [5.74, 6) is 2.18. The fraction of sp³-hybridized carbons (Fsp3) is 0.278. The van der Waals surface area contributed by atoms with Crippen molar-refractivity contribution in [1.82, 2.24) is 10.6 Å². The van der Waals surface area contributed by atoms with Crippen molar-refractivity contribution in [3.8, 4) is 17.2 Å². The van der Waals surface area contributed by atoms with Gasteiger partial charge in [0, 0.05) is 20.1 Å². The Morgan fingerprint density at radius 1 is 1.08 bits per heavy atom. The third-order valence-electron chi connectivity index (χ3n) is 3.70. The van der Waals surface area contributed by atoms with Gasteiger partial charge >= 0.3 is 6.61 Å². The quantitative estimate of drug-likeness (QED) is 0.610. The maximum Gasteiger partial charge on any atom is 0.387 e. The monoisotopic (exact) mass is 363 g/mol. The predicted octanol–water partition coefficient (Wildman–Crippen LogP) is 2.88. The van der Waals surface area contributed by atoms with Crippen LogP contribution in [0.3, 0.4) is 0 Å². The Hall–Kier alpha value is -3.03. The number of halogens is 2. The van der Waals surface area contributed by atoms with Crippen LogP contribution in [-0.2, 0) is 13.1 Å². The first-order valence-electron chi connectivity index (χ1n) is 8.01. The van der Waals surface area contributed by atoms with Gasteiger partial charge in [-0.1, -0.05) is 18.2 Å². The van der Waals surface area contributed by atoms with Gasteiger partial charge in [0.2, 0.25) is 6.79 Å². The van der Waals surface area contributed by atoms with Crippen LogP contribution in [-0.4, -0.2) is 26.4 Å². The summed E-state index contributed by atoms with van der Waals surface area (Å²) < 4.78 is 39.6. The molecule has 138 valence electrons. The second-order valence-corrected chi connectivity index (χ2v) is 5.49. The molecule has 6 nitrogen and oxygen atoms in total. The molecule has 0 aliphatic carbocycles. The summed E-state index contributed by atoms with van der Waals surface area (Å²) in [6, 6.07) is 12.2. The third kappa shape index (κ3) is 4.75. The van der Waals surface area contributed by atoms with Crippen molar-refractivity contribution >= 4 is 5.96 Å². The molecule has 0 fully saturated rings. The topological polar surface area (TPSA) is 64.1 Å². The van der Waals surface area contributed by atoms with E-state index in [1.54, 1.807) is 19.2 Å². The van der Waals surface area contributed by atoms with Gasteiger partial charge in [-0.2, -0.15) is 8.78 Å². The van der Waals surface area contributed by atoms with E-state index >= 15 is 0 Å². The van der Waals surface area contributed by atoms with Crippen LogP contribution in [0.4, 0.5) is 8.78 Å². The van der Waals surface area contributed by atoms with Crippen LogP contribution in [0.5, 0.6) is 17.2 Å². The minimum Gasteiger partial charge on any atom is -0.454 e. The second kappa shape index (κ2) is 8.37. The summed E-state index contributed by atoms with van der Waals surface area (Å²) >= 11 is 0. The van der Waals surface area contributed by atoms with Crippen LogP contribution < -0.4 is 24.8 Å². The average molecular weight is 363 g/mol. The fourth-order valence-corrected chi connectivity index (χ4v) is 2.47. The fourth-order valence-electron chi connectivity index (χ4n) is 2.47. The van der Waals surface area contributed by atoms with Gasteiger partial charge in [0.15, 0.2) is 17.5 Å². The van der Waals surface area contributed by atoms with Gasteiger partial charge in [0.25, 0.3) is 0 Å². The number of ether oxygens (including phenoxy) is 3. The molecule has 0 atom stereocenters. The van der Waals surface area contributed by atoms with Crippen LogP contribution in [0, 0.1) is 0 Å². The number of nitrogens with zero attached hydrogens (tertiary/aromatic N) is 1. The maximum absolute atomic E-state index is 12.3. The molecule has 0 amide bonds. The van der Waals surface area contributed by atoms with E-state index in [-0.39, 0.29) is 12.5 Å². The molecular formula is C18H19F2N3O3. The molecule has 8 heteroatoms. The summed E-state index contributed by atoms with van der Waals surface area (Å²) in [7, 11) is 1.66. The lowest BCUT2D eigenvalue weighted by molar-refractivity contribution is -0.0498. The standard InChI is InChI=1S/C18H19F2N3O3/c1-21-18(22-9-12-3-2-4-14(7-12)26-17(19)20)23-10-13-5-6-15-16(8-13)25-11-24-15/h2-8,17H,9-11H2,1H3,(H2,21,22,23). The number of hydrogen-bond donors (Lipinski definition) is 2. The molecule has 2 aromatic carbocycles. The van der Waals surface area contributed by atoms with Gasteiger partial charge in [0.05, 0.1) is 0 Å². The van der Waals surface area contributed by atoms with Gasteiger partial charge in [0.1, 0.15) is 5.75 Å². The number of benzene rings is 2. The van der Waals surface area contributed by atoms with E-state index in [1.165, 1.54) is 6.07 Å². The highest BCUT2D eigenvalue weighted by Gasteiger charge is 2.13. The predicted molar refractivity (Wildman–Crippen MR) is 92.7 cm³/mol. The first-order chi connectivity index (χ1) is 12.6. The average Bonchev–Trinajstić information content (AvgIpc) is 3.09. The number of fused-ring (bicyclic) bond motifs is 1. The first-order valence-corrected chi connectivity index (χ1v) is 8.01. The number of guanidine groups is 1. The van der Waals surface area contributed by atoms with Crippen LogP contribution in [0.15, 0.2) is 47.5 Å². The van der Waals surface area contributed by atoms with Crippen LogP contribution in [0.1, 0.15) is 11.1 Å². The molecule has 1 aliphatic heterocycles. The van der Waals surface area contributed by atoms with Crippen LogP contribution >= 0.6 is 0 Å². The van der Waals surface area contributed by atoms with E-state index in [0.29, 0.717) is 19.0 Å². The molecule has 0 saturated carbocycles. The van der Waals surface area contributed by atoms with Gasteiger partial charge < -0.3 is 24.8 Å². The molecule has 0 bridgehead atoms. The Balaban J connectivity index is 1.52. The normalized spacial score (nSPS) is 13.0. The Labute approximate surface area is 149 Å². The lowest BCUT2D eigenvalue weighted by atomic mass is 10.2. The molecule has 0 unspecified atom stereocenters. The largest absolute Gasteiger partial charge is 0.454 e. The number of aliphatic imine (C=N–C) groups is 1. The molecule has 2 N–H and O–H groups in total. The Bertz CT molecular complexity index is 784. The highest BCUT2D eigenvalue weighted by atomic mass is 19.3. The highest BCUT2D eigenvalue weighted by molar-refractivity contribution is 5.79. The number of hydrogen-bond acceptors (Lipinski definition) is 4. The lowest BCUT2D eigenvalue weighted by Crippen LogP contribution is -2.36. The molecule has 3 rings (SSSR count). The van der Waals surface area contributed by atoms with Crippen molar-refractivity contribution in [2.24, 2.45) is 4.99 Å². The molecular weight excluding hydrogens is 344 g/mol. The molecule has 1 aliphatic rings. The minimum atomic E-state index is -2.84. The van der Waals surface area contributed by atoms with Crippen molar-refractivity contribution in [3.63, 3.8) is 0 Å². The number of rotatable bonds is 6. The van der Waals surface area contributed by atoms with Crippen molar-refractivity contribution in [2.45, 2.75) is 19.7 Å². The van der Waals surface area contributed by atoms with Gasteiger partial charge in [-0.05, 0) is 35.4 Å². The van der Waals surface area contributed by atoms with Crippen LogP contribution in [0.25, 0.3) is 0 Å². The Morgan fingerprint density at radius 3 is 2.54 bits per heavy atom. The molecule has 0 aromatic heterocycles. The van der Waals surface area contributed by atoms with Crippen molar-refractivity contribution in [2.75, 3.05) is 13.8 Å². The zero-order valence-electron chi connectivity index (χ0n) is 14.2. The minimum absolute atomic E-state index is 0.127. The zero-order chi connectivity index (χ0) is 18.4. The highest BCUT2D eigenvalue weighted by Crippen LogP contribution is 2.32. The van der Waals surface area contributed by atoms with Crippen molar-refractivity contribution in [1.29, 1.82) is 0 Å². The van der Waals surface area contributed by atoms with E-state index in [0.717, 1.165) is 22.6 Å². The maximum atomic E-state index is 12.3. The van der Waals surface area contributed by atoms with E-state index in [4.69, 9.17) is 9.47 Å². The van der Waals surface area contributed by atoms with Crippen molar-refractivity contribution in [3.05, 3.63) is 53.6 Å². The number of alkyl halides is 2. The molecule has 0 radical (unpaired) electrons. The molecule has 0 spiro atoms. The third-order valence-corrected chi connectivity index (χ3v) is 3.70. The summed E-state index contributed by atoms with van der Waals surface area (Å²) in [5.41, 5.74) is 1.82. The zero-order valence-corrected chi connectivity index (χ0v) is 14.2. The van der Waals surface area contributed by atoms with Gasteiger partial charge in [-0.3, -0.25) is 4.99 Å². The number of nitrogens with one attached hydrogen (secondary N) is 2. The summed E-state index contributed by atoms with van der Waals surface area (Å²) in [5, 5.41) is 6.31. The molecule has 1 heterocycles. The second-order valence-electron chi connectivity index (χ2n) is 5.49. The first kappa shape index (κ1) is 17.8. The summed E-state index contributed by atoms with van der Waals surface area (Å²) in [6.07, 6.45) is 0. The lowest BCUT2D eigenvalue weighted by Gasteiger charge is -2.13. The summed E-state index contributed by atoms with van der Waals surface area (Å²) in [4.78, 5) is 4.15. The van der Waals surface area contributed by atoms with Crippen molar-refractivity contribution < 1.29 is 23.0 Å². The molecule has 0 saturated heterocycles. The van der Waals surface area contributed by atoms with E-state index in [9.17, 15) is 8.78 Å². The molecule has 2 aromatic rings. The van der Waals surface area contributed by atoms with E-state index < -0.39 is 6.61 Å². The van der Waals surface area contributed by atoms with E-state index in [1.807, 2.05) is 24.3 Å². The van der Waals surface area contributed by atoms with Gasteiger partial charge in [-0.25, -0.2) is 0 Å². The summed E-state index contributed by atoms with van der Waals surface area (Å²) in [6.45, 7) is -1.63. The SMILES string of the molecule is CN=C(NCc1cccc(OC(F)F)c1)NCc1ccc2c(c1)OCO2. The smallest absolute Gasteiger partial charge is 0.387 e. The van der Waals surface area contributed by atoms with E-state index in [2.05, 4.69) is 20.4 Å². The Kier molecular flexibility index (Phi) is 5.73. The molecule has 26 heavy (non-hydrogen) atoms. The van der Waals surface area contributed by atoms with Gasteiger partial charge in [-0.15, -0.1) is 0 Å². The van der Waals surface area contributed by atoms with Crippen LogP contribution in [0.2, 0.25) is 0 Å². The Morgan fingerprint density at radius 2 is 1.81 bits per heavy atom.